The first-order valence-electron chi connectivity index (χ1n) is 7.87. The molecule has 3 aliphatic carbocycles. The number of ether oxygens (including phenoxy) is 1. The molecule has 0 atom stereocenters. The molecule has 0 radical (unpaired) electrons. The van der Waals surface area contributed by atoms with Crippen molar-refractivity contribution in [2.75, 3.05) is 13.7 Å². The molecule has 23 heavy (non-hydrogen) atoms. The van der Waals surface area contributed by atoms with Crippen LogP contribution in [0.25, 0.3) is 0 Å². The van der Waals surface area contributed by atoms with E-state index in [1.54, 1.807) is 18.2 Å². The zero-order valence-corrected chi connectivity index (χ0v) is 13.9. The van der Waals surface area contributed by atoms with Crippen LogP contribution in [0.15, 0.2) is 18.2 Å². The van der Waals surface area contributed by atoms with E-state index < -0.39 is 0 Å². The van der Waals surface area contributed by atoms with Gasteiger partial charge in [0.25, 0.3) is 0 Å². The Hall–Kier alpha value is -1.59. The van der Waals surface area contributed by atoms with Gasteiger partial charge >= 0.3 is 0 Å². The maximum Gasteiger partial charge on any atom is 0.207 e. The Morgan fingerprint density at radius 1 is 1.26 bits per heavy atom. The van der Waals surface area contributed by atoms with E-state index in [1.165, 1.54) is 6.42 Å². The lowest BCUT2D eigenvalue weighted by atomic mass is 9.71. The van der Waals surface area contributed by atoms with E-state index in [0.717, 1.165) is 25.7 Å². The molecule has 3 fully saturated rings. The number of fused-ring (bicyclic) bond motifs is 2. The number of hydrogen-bond donors (Lipinski definition) is 2. The summed E-state index contributed by atoms with van der Waals surface area (Å²) >= 11 is 5.73. The SMILES string of the molecule is CNC12CCC(NC=O)(C1)C2.O=C1CCOc2ccc(Cl)cc21. The summed E-state index contributed by atoms with van der Waals surface area (Å²) in [5, 5.41) is 6.84. The van der Waals surface area contributed by atoms with Crippen molar-refractivity contribution in [3.05, 3.63) is 28.8 Å². The average Bonchev–Trinajstić information content (AvgIpc) is 3.05. The molecule has 2 bridgehead atoms. The summed E-state index contributed by atoms with van der Waals surface area (Å²) < 4.78 is 5.27. The highest BCUT2D eigenvalue weighted by Gasteiger charge is 2.59. The first-order valence-corrected chi connectivity index (χ1v) is 8.25. The number of amides is 1. The molecule has 0 spiro atoms. The maximum atomic E-state index is 11.3. The Morgan fingerprint density at radius 2 is 2.00 bits per heavy atom. The van der Waals surface area contributed by atoms with Gasteiger partial charge in [0.05, 0.1) is 12.2 Å². The maximum absolute atomic E-state index is 11.3. The lowest BCUT2D eigenvalue weighted by molar-refractivity contribution is -0.112. The van der Waals surface area contributed by atoms with Gasteiger partial charge in [-0.2, -0.15) is 0 Å². The summed E-state index contributed by atoms with van der Waals surface area (Å²) in [6.07, 6.45) is 5.89. The molecule has 0 unspecified atom stereocenters. The summed E-state index contributed by atoms with van der Waals surface area (Å²) in [6.45, 7) is 0.480. The fourth-order valence-electron chi connectivity index (χ4n) is 3.91. The third-order valence-corrected chi connectivity index (χ3v) is 5.39. The van der Waals surface area contributed by atoms with Crippen molar-refractivity contribution < 1.29 is 14.3 Å². The summed E-state index contributed by atoms with van der Waals surface area (Å²) in [5.41, 5.74) is 1.15. The van der Waals surface area contributed by atoms with E-state index in [-0.39, 0.29) is 11.3 Å². The molecule has 0 aromatic heterocycles. The van der Waals surface area contributed by atoms with Gasteiger partial charge in [-0.1, -0.05) is 11.6 Å². The normalized spacial score (nSPS) is 30.3. The van der Waals surface area contributed by atoms with E-state index in [4.69, 9.17) is 16.3 Å². The van der Waals surface area contributed by atoms with Crippen LogP contribution in [0.1, 0.15) is 42.5 Å². The highest BCUT2D eigenvalue weighted by atomic mass is 35.5. The first kappa shape index (κ1) is 16.3. The van der Waals surface area contributed by atoms with Crippen molar-refractivity contribution in [2.24, 2.45) is 0 Å². The number of carbonyl (C=O) groups is 2. The molecule has 2 N–H and O–H groups in total. The minimum Gasteiger partial charge on any atom is -0.492 e. The Kier molecular flexibility index (Phi) is 4.34. The van der Waals surface area contributed by atoms with Gasteiger partial charge in [0, 0.05) is 22.5 Å². The molecule has 1 aromatic rings. The molecular weight excluding hydrogens is 316 g/mol. The molecule has 5 rings (SSSR count). The number of ketones is 1. The van der Waals surface area contributed by atoms with Crippen LogP contribution in [-0.2, 0) is 4.79 Å². The number of Topliss-reactive ketones (excluding diaryl/α,β-unsaturated/α-hetero) is 1. The molecule has 3 saturated carbocycles. The van der Waals surface area contributed by atoms with E-state index in [1.807, 2.05) is 7.05 Å². The summed E-state index contributed by atoms with van der Waals surface area (Å²) in [4.78, 5) is 21.6. The van der Waals surface area contributed by atoms with Gasteiger partial charge in [0.1, 0.15) is 5.75 Å². The second kappa shape index (κ2) is 6.13. The number of benzene rings is 1. The van der Waals surface area contributed by atoms with Crippen molar-refractivity contribution in [1.29, 1.82) is 0 Å². The number of carbonyl (C=O) groups excluding carboxylic acids is 2. The zero-order valence-electron chi connectivity index (χ0n) is 13.2. The average molecular weight is 337 g/mol. The minimum atomic E-state index is 0.110. The van der Waals surface area contributed by atoms with Gasteiger partial charge in [-0.05, 0) is 50.9 Å². The smallest absolute Gasteiger partial charge is 0.207 e. The fourth-order valence-corrected chi connectivity index (χ4v) is 4.08. The summed E-state index contributed by atoms with van der Waals surface area (Å²) in [7, 11) is 2.01. The van der Waals surface area contributed by atoms with E-state index in [9.17, 15) is 9.59 Å². The number of hydrogen-bond acceptors (Lipinski definition) is 4. The molecule has 4 aliphatic rings. The van der Waals surface area contributed by atoms with Crippen molar-refractivity contribution >= 4 is 23.8 Å². The second-order valence-electron chi connectivity index (χ2n) is 6.59. The molecule has 1 aliphatic heterocycles. The van der Waals surface area contributed by atoms with E-state index >= 15 is 0 Å². The van der Waals surface area contributed by atoms with Crippen LogP contribution in [0.2, 0.25) is 5.02 Å². The summed E-state index contributed by atoms with van der Waals surface area (Å²) in [6, 6.07) is 5.10. The van der Waals surface area contributed by atoms with Crippen molar-refractivity contribution in [2.45, 2.75) is 43.2 Å². The van der Waals surface area contributed by atoms with Crippen LogP contribution in [0, 0.1) is 0 Å². The topological polar surface area (TPSA) is 67.4 Å². The van der Waals surface area contributed by atoms with Crippen LogP contribution >= 0.6 is 11.6 Å². The van der Waals surface area contributed by atoms with Crippen LogP contribution in [-0.4, -0.2) is 36.9 Å². The van der Waals surface area contributed by atoms with Crippen LogP contribution in [0.5, 0.6) is 5.75 Å². The molecule has 124 valence electrons. The number of halogens is 1. The van der Waals surface area contributed by atoms with Gasteiger partial charge in [-0.25, -0.2) is 0 Å². The first-order chi connectivity index (χ1) is 11.0. The number of nitrogens with one attached hydrogen (secondary N) is 2. The highest BCUT2D eigenvalue weighted by Crippen LogP contribution is 2.54. The Balaban J connectivity index is 0.000000136. The molecule has 1 aromatic carbocycles. The van der Waals surface area contributed by atoms with Gasteiger partial charge in [-0.3, -0.25) is 9.59 Å². The molecule has 0 saturated heterocycles. The molecule has 1 heterocycles. The van der Waals surface area contributed by atoms with Crippen molar-refractivity contribution in [3.63, 3.8) is 0 Å². The van der Waals surface area contributed by atoms with E-state index in [0.29, 0.717) is 34.9 Å². The van der Waals surface area contributed by atoms with Gasteiger partial charge in [-0.15, -0.1) is 0 Å². The summed E-state index contributed by atoms with van der Waals surface area (Å²) in [5.74, 6) is 0.759. The minimum absolute atomic E-state index is 0.110. The van der Waals surface area contributed by atoms with Crippen LogP contribution < -0.4 is 15.4 Å². The quantitative estimate of drug-likeness (QED) is 0.831. The lowest BCUT2D eigenvalue weighted by Gasteiger charge is -2.47. The van der Waals surface area contributed by atoms with Crippen LogP contribution in [0.4, 0.5) is 0 Å². The third kappa shape index (κ3) is 3.08. The highest BCUT2D eigenvalue weighted by molar-refractivity contribution is 6.31. The number of rotatable bonds is 3. The predicted octanol–water partition coefficient (Wildman–Crippen LogP) is 2.32. The van der Waals surface area contributed by atoms with E-state index in [2.05, 4.69) is 10.6 Å². The second-order valence-corrected chi connectivity index (χ2v) is 7.02. The lowest BCUT2D eigenvalue weighted by Crippen LogP contribution is -2.61. The zero-order chi connectivity index (χ0) is 16.5. The Labute approximate surface area is 140 Å². The molecular formula is C17H21ClN2O3. The largest absolute Gasteiger partial charge is 0.492 e. The molecule has 5 nitrogen and oxygen atoms in total. The van der Waals surface area contributed by atoms with Crippen molar-refractivity contribution in [1.82, 2.24) is 10.6 Å². The molecule has 1 amide bonds. The predicted molar refractivity (Wildman–Crippen MR) is 88.1 cm³/mol. The van der Waals surface area contributed by atoms with Crippen LogP contribution in [0.3, 0.4) is 0 Å². The Bertz CT molecular complexity index is 626. The Morgan fingerprint density at radius 3 is 2.65 bits per heavy atom. The van der Waals surface area contributed by atoms with Crippen molar-refractivity contribution in [3.8, 4) is 5.75 Å². The van der Waals surface area contributed by atoms with Gasteiger partial charge in [0.2, 0.25) is 6.41 Å². The van der Waals surface area contributed by atoms with Gasteiger partial charge in [0.15, 0.2) is 5.78 Å². The monoisotopic (exact) mass is 336 g/mol. The standard InChI is InChI=1S/C9H7ClO2.C8H14N2O/c10-6-1-2-9-7(5-6)8(11)3-4-12-9;1-9-7-2-3-8(4-7,5-7)10-6-11/h1-2,5H,3-4H2;6,9H,2-5H2,1H3,(H,10,11). The molecule has 6 heteroatoms. The van der Waals surface area contributed by atoms with Gasteiger partial charge < -0.3 is 15.4 Å². The fraction of sp³-hybridized carbons (Fsp3) is 0.529. The third-order valence-electron chi connectivity index (χ3n) is 5.16.